The van der Waals surface area contributed by atoms with Crippen molar-refractivity contribution in [3.8, 4) is 5.75 Å². The van der Waals surface area contributed by atoms with Gasteiger partial charge in [0.25, 0.3) is 0 Å². The minimum atomic E-state index is -0.443. The Hall–Kier alpha value is -2.04. The van der Waals surface area contributed by atoms with Gasteiger partial charge in [0.15, 0.2) is 0 Å². The van der Waals surface area contributed by atoms with Gasteiger partial charge in [-0.25, -0.2) is 4.79 Å². The lowest BCUT2D eigenvalue weighted by molar-refractivity contribution is -0.106. The van der Waals surface area contributed by atoms with Gasteiger partial charge in [0, 0.05) is 0 Å². The van der Waals surface area contributed by atoms with Gasteiger partial charge >= 0.3 is 5.97 Å². The van der Waals surface area contributed by atoms with Crippen LogP contribution in [0.4, 0.5) is 0 Å². The largest absolute Gasteiger partial charge is 0.507 e. The van der Waals surface area contributed by atoms with Gasteiger partial charge in [0.05, 0.1) is 6.61 Å². The van der Waals surface area contributed by atoms with E-state index >= 15 is 0 Å². The summed E-state index contributed by atoms with van der Waals surface area (Å²) in [6, 6.07) is 6.45. The summed E-state index contributed by atoms with van der Waals surface area (Å²) in [6.45, 7) is 2.62. The molecule has 1 aromatic carbocycles. The third-order valence-electron chi connectivity index (χ3n) is 2.86. The zero-order valence-corrected chi connectivity index (χ0v) is 12.6. The van der Waals surface area contributed by atoms with E-state index in [9.17, 15) is 9.90 Å². The first-order valence-corrected chi connectivity index (χ1v) is 7.27. The zero-order chi connectivity index (χ0) is 15.9. The van der Waals surface area contributed by atoms with Gasteiger partial charge in [0.1, 0.15) is 11.3 Å². The first-order chi connectivity index (χ1) is 10.2. The first kappa shape index (κ1) is 19.0. The Morgan fingerprint density at radius 1 is 1.19 bits per heavy atom. The lowest BCUT2D eigenvalue weighted by Crippen LogP contribution is -2.06. The van der Waals surface area contributed by atoms with Crippen LogP contribution in [0.3, 0.4) is 0 Å². The predicted octanol–water partition coefficient (Wildman–Crippen LogP) is 3.01. The highest BCUT2D eigenvalue weighted by atomic mass is 16.5. The minimum Gasteiger partial charge on any atom is -0.507 e. The molecule has 0 bridgehead atoms. The molecule has 0 saturated carbocycles. The maximum Gasteiger partial charge on any atom is 0.341 e. The molecule has 0 spiro atoms. The van der Waals surface area contributed by atoms with E-state index in [1.165, 1.54) is 31.7 Å². The fraction of sp³-hybridized carbons (Fsp3) is 0.500. The van der Waals surface area contributed by atoms with Gasteiger partial charge in [-0.15, -0.1) is 0 Å². The van der Waals surface area contributed by atoms with Crippen LogP contribution in [-0.4, -0.2) is 24.1 Å². The van der Waals surface area contributed by atoms with Crippen LogP contribution < -0.4 is 5.73 Å². The molecule has 5 heteroatoms. The Balaban J connectivity index is 0.00000122. The molecule has 3 N–H and O–H groups in total. The van der Waals surface area contributed by atoms with Crippen LogP contribution >= 0.6 is 0 Å². The molecule has 21 heavy (non-hydrogen) atoms. The van der Waals surface area contributed by atoms with Crippen LogP contribution in [0.15, 0.2) is 24.3 Å². The van der Waals surface area contributed by atoms with E-state index in [1.807, 2.05) is 0 Å². The highest BCUT2D eigenvalue weighted by Crippen LogP contribution is 2.16. The number of hydrogen-bond acceptors (Lipinski definition) is 4. The lowest BCUT2D eigenvalue weighted by Gasteiger charge is -2.06. The fourth-order valence-electron chi connectivity index (χ4n) is 1.77. The molecule has 0 aromatic heterocycles. The van der Waals surface area contributed by atoms with E-state index < -0.39 is 5.97 Å². The number of hydrogen-bond donors (Lipinski definition) is 2. The third-order valence-corrected chi connectivity index (χ3v) is 2.86. The van der Waals surface area contributed by atoms with Crippen LogP contribution in [0.25, 0.3) is 0 Å². The molecular formula is C16H25NO4. The van der Waals surface area contributed by atoms with E-state index in [1.54, 1.807) is 18.2 Å². The number of rotatable bonds is 8. The number of unbranched alkanes of at least 4 members (excludes halogenated alkanes) is 5. The van der Waals surface area contributed by atoms with Crippen molar-refractivity contribution in [3.05, 3.63) is 29.8 Å². The number of phenolic OH excluding ortho intramolecular Hbond substituents is 1. The molecule has 0 aliphatic rings. The molecular weight excluding hydrogens is 270 g/mol. The van der Waals surface area contributed by atoms with Gasteiger partial charge in [-0.05, 0) is 18.6 Å². The number of esters is 1. The molecule has 0 unspecified atom stereocenters. The Morgan fingerprint density at radius 2 is 1.76 bits per heavy atom. The molecule has 1 aromatic rings. The Morgan fingerprint density at radius 3 is 2.38 bits per heavy atom. The number of aromatic hydroxyl groups is 1. The SMILES string of the molecule is CCCCCCCCOC(=O)c1ccccc1O.NC=O. The minimum absolute atomic E-state index is 0.0227. The van der Waals surface area contributed by atoms with Crippen molar-refractivity contribution in [2.75, 3.05) is 6.61 Å². The summed E-state index contributed by atoms with van der Waals surface area (Å²) in [7, 11) is 0. The molecule has 0 atom stereocenters. The second-order valence-corrected chi connectivity index (χ2v) is 4.56. The average Bonchev–Trinajstić information content (AvgIpc) is 2.47. The number of carbonyl (C=O) groups is 2. The van der Waals surface area contributed by atoms with Crippen LogP contribution in [0.5, 0.6) is 5.75 Å². The monoisotopic (exact) mass is 295 g/mol. The Bertz CT molecular complexity index is 407. The van der Waals surface area contributed by atoms with E-state index in [2.05, 4.69) is 12.7 Å². The van der Waals surface area contributed by atoms with Crippen molar-refractivity contribution in [2.45, 2.75) is 45.4 Å². The Labute approximate surface area is 126 Å². The number of para-hydroxylation sites is 1. The zero-order valence-electron chi connectivity index (χ0n) is 12.6. The number of carbonyl (C=O) groups excluding carboxylic acids is 2. The van der Waals surface area contributed by atoms with Crippen LogP contribution in [0.2, 0.25) is 0 Å². The van der Waals surface area contributed by atoms with Crippen LogP contribution in [0, 0.1) is 0 Å². The molecule has 0 aliphatic heterocycles. The second kappa shape index (κ2) is 13.0. The maximum absolute atomic E-state index is 11.6. The molecule has 1 rings (SSSR count). The van der Waals surface area contributed by atoms with Crippen molar-refractivity contribution < 1.29 is 19.4 Å². The molecule has 0 saturated heterocycles. The first-order valence-electron chi connectivity index (χ1n) is 7.27. The molecule has 0 radical (unpaired) electrons. The summed E-state index contributed by atoms with van der Waals surface area (Å²) in [5.41, 5.74) is 4.41. The molecule has 1 amide bonds. The summed E-state index contributed by atoms with van der Waals surface area (Å²) in [6.07, 6.45) is 7.20. The fourth-order valence-corrected chi connectivity index (χ4v) is 1.77. The lowest BCUT2D eigenvalue weighted by atomic mass is 10.1. The third kappa shape index (κ3) is 9.49. The highest BCUT2D eigenvalue weighted by Gasteiger charge is 2.10. The van der Waals surface area contributed by atoms with Crippen LogP contribution in [-0.2, 0) is 9.53 Å². The van der Waals surface area contributed by atoms with E-state index in [0.717, 1.165) is 12.8 Å². The van der Waals surface area contributed by atoms with Gasteiger partial charge < -0.3 is 15.6 Å². The van der Waals surface area contributed by atoms with Crippen LogP contribution in [0.1, 0.15) is 55.8 Å². The van der Waals surface area contributed by atoms with E-state index in [-0.39, 0.29) is 17.7 Å². The van der Waals surface area contributed by atoms with Gasteiger partial charge in [0.2, 0.25) is 6.41 Å². The van der Waals surface area contributed by atoms with Crippen molar-refractivity contribution in [2.24, 2.45) is 5.73 Å². The highest BCUT2D eigenvalue weighted by molar-refractivity contribution is 5.92. The number of primary amides is 1. The van der Waals surface area contributed by atoms with Crippen molar-refractivity contribution in [3.63, 3.8) is 0 Å². The topological polar surface area (TPSA) is 89.6 Å². The standard InChI is InChI=1S/C15H22O3.CH3NO/c1-2-3-4-5-6-9-12-18-15(17)13-10-7-8-11-14(13)16;2-1-3/h7-8,10-11,16H,2-6,9,12H2,1H3;1H,(H2,2,3). The van der Waals surface area contributed by atoms with E-state index in [0.29, 0.717) is 6.61 Å². The smallest absolute Gasteiger partial charge is 0.341 e. The van der Waals surface area contributed by atoms with Crippen molar-refractivity contribution >= 4 is 12.4 Å². The number of ether oxygens (including phenoxy) is 1. The molecule has 5 nitrogen and oxygen atoms in total. The number of phenols is 1. The number of nitrogens with two attached hydrogens (primary N) is 1. The van der Waals surface area contributed by atoms with Gasteiger partial charge in [-0.1, -0.05) is 51.2 Å². The normalized spacial score (nSPS) is 9.38. The maximum atomic E-state index is 11.6. The summed E-state index contributed by atoms with van der Waals surface area (Å²) >= 11 is 0. The summed E-state index contributed by atoms with van der Waals surface area (Å²) in [5, 5.41) is 9.48. The van der Waals surface area contributed by atoms with Gasteiger partial charge in [-0.2, -0.15) is 0 Å². The number of amides is 1. The number of benzene rings is 1. The van der Waals surface area contributed by atoms with E-state index in [4.69, 9.17) is 9.53 Å². The molecule has 0 heterocycles. The summed E-state index contributed by atoms with van der Waals surface area (Å²) in [5.74, 6) is -0.466. The summed E-state index contributed by atoms with van der Waals surface area (Å²) in [4.78, 5) is 20.2. The van der Waals surface area contributed by atoms with Gasteiger partial charge in [-0.3, -0.25) is 4.79 Å². The average molecular weight is 295 g/mol. The molecule has 118 valence electrons. The Kier molecular flexibility index (Phi) is 11.7. The molecule has 0 aliphatic carbocycles. The van der Waals surface area contributed by atoms with Crippen molar-refractivity contribution in [1.82, 2.24) is 0 Å². The second-order valence-electron chi connectivity index (χ2n) is 4.56. The quantitative estimate of drug-likeness (QED) is 0.438. The molecule has 0 fully saturated rings. The predicted molar refractivity (Wildman–Crippen MR) is 82.0 cm³/mol. The summed E-state index contributed by atoms with van der Waals surface area (Å²) < 4.78 is 5.12. The van der Waals surface area contributed by atoms with Crippen molar-refractivity contribution in [1.29, 1.82) is 0 Å².